The molecule has 0 radical (unpaired) electrons. The van der Waals surface area contributed by atoms with Crippen LogP contribution in [0.25, 0.3) is 0 Å². The van der Waals surface area contributed by atoms with Crippen molar-refractivity contribution in [2.45, 2.75) is 39.0 Å². The molecule has 12 heteroatoms. The van der Waals surface area contributed by atoms with Crippen molar-refractivity contribution in [1.82, 2.24) is 0 Å². The number of hydrogen-bond acceptors (Lipinski definition) is 10. The van der Waals surface area contributed by atoms with Gasteiger partial charge in [0.1, 0.15) is 17.0 Å². The lowest BCUT2D eigenvalue weighted by Crippen LogP contribution is -2.53. The average molecular weight is 526 g/mol. The van der Waals surface area contributed by atoms with Crippen LogP contribution in [0.5, 0.6) is 0 Å². The second-order valence-corrected chi connectivity index (χ2v) is 8.55. The Morgan fingerprint density at radius 1 is 0.921 bits per heavy atom. The van der Waals surface area contributed by atoms with Crippen molar-refractivity contribution < 1.29 is 38.8 Å². The number of benzene rings is 2. The van der Waals surface area contributed by atoms with Gasteiger partial charge in [0, 0.05) is 35.6 Å². The first-order valence-electron chi connectivity index (χ1n) is 11.8. The number of ether oxygens (including phenoxy) is 2. The van der Waals surface area contributed by atoms with E-state index in [1.54, 1.807) is 0 Å². The number of carbonyl (C=O) groups excluding carboxylic acids is 3. The molecule has 0 aliphatic heterocycles. The first kappa shape index (κ1) is 28.0. The molecule has 2 aromatic rings. The molecule has 200 valence electrons. The van der Waals surface area contributed by atoms with Gasteiger partial charge in [0.2, 0.25) is 0 Å². The molecular weight excluding hydrogens is 500 g/mol. The maximum absolute atomic E-state index is 13.9. The summed E-state index contributed by atoms with van der Waals surface area (Å²) >= 11 is 0. The fourth-order valence-electron chi connectivity index (χ4n) is 5.21. The fraction of sp³-hybridized carbons (Fsp3) is 0.346. The van der Waals surface area contributed by atoms with Gasteiger partial charge in [-0.1, -0.05) is 36.4 Å². The summed E-state index contributed by atoms with van der Waals surface area (Å²) < 4.78 is 10.4. The number of nitrogens with zero attached hydrogens (tertiary/aromatic N) is 2. The number of carbonyl (C=O) groups is 3. The molecule has 0 saturated heterocycles. The summed E-state index contributed by atoms with van der Waals surface area (Å²) in [7, 11) is 0. The SMILES string of the molecule is CCOC(=O)C1=C(O)C[C@@H](c2ccccc2[N+](=O)[O-])[C@](C(C)=O)(C(=O)OCC)[C@@H]1c1ccccc1[N+](=O)[O-]. The Labute approximate surface area is 217 Å². The predicted molar refractivity (Wildman–Crippen MR) is 132 cm³/mol. The van der Waals surface area contributed by atoms with Gasteiger partial charge in [-0.15, -0.1) is 0 Å². The Morgan fingerprint density at radius 2 is 1.42 bits per heavy atom. The summed E-state index contributed by atoms with van der Waals surface area (Å²) in [6.07, 6.45) is -0.547. The number of nitro benzene ring substituents is 2. The van der Waals surface area contributed by atoms with E-state index in [1.807, 2.05) is 0 Å². The monoisotopic (exact) mass is 526 g/mol. The van der Waals surface area contributed by atoms with Gasteiger partial charge >= 0.3 is 11.9 Å². The van der Waals surface area contributed by atoms with E-state index in [9.17, 15) is 39.7 Å². The summed E-state index contributed by atoms with van der Waals surface area (Å²) in [5.74, 6) is -6.91. The van der Waals surface area contributed by atoms with E-state index >= 15 is 0 Å². The number of hydrogen-bond donors (Lipinski definition) is 1. The maximum atomic E-state index is 13.9. The van der Waals surface area contributed by atoms with Crippen LogP contribution >= 0.6 is 0 Å². The van der Waals surface area contributed by atoms with E-state index in [0.29, 0.717) is 0 Å². The third-order valence-corrected chi connectivity index (χ3v) is 6.65. The van der Waals surface area contributed by atoms with E-state index in [-0.39, 0.29) is 24.3 Å². The van der Waals surface area contributed by atoms with Crippen LogP contribution in [0, 0.1) is 25.6 Å². The van der Waals surface area contributed by atoms with Crippen LogP contribution < -0.4 is 0 Å². The summed E-state index contributed by atoms with van der Waals surface area (Å²) in [6.45, 7) is 3.68. The van der Waals surface area contributed by atoms with E-state index in [2.05, 4.69) is 0 Å². The molecule has 12 nitrogen and oxygen atoms in total. The van der Waals surface area contributed by atoms with Gasteiger partial charge in [-0.3, -0.25) is 29.8 Å². The molecule has 0 spiro atoms. The van der Waals surface area contributed by atoms with Crippen LogP contribution in [0.3, 0.4) is 0 Å². The molecule has 1 aliphatic rings. The van der Waals surface area contributed by atoms with Crippen LogP contribution in [-0.2, 0) is 23.9 Å². The zero-order chi connectivity index (χ0) is 28.2. The summed E-state index contributed by atoms with van der Waals surface area (Å²) in [4.78, 5) is 63.3. The third-order valence-electron chi connectivity index (χ3n) is 6.65. The van der Waals surface area contributed by atoms with Crippen LogP contribution in [-0.4, -0.2) is 45.9 Å². The van der Waals surface area contributed by atoms with Crippen molar-refractivity contribution in [3.8, 4) is 0 Å². The number of para-hydroxylation sites is 2. The number of esters is 2. The van der Waals surface area contributed by atoms with E-state index < -0.39 is 73.9 Å². The minimum absolute atomic E-state index is 0.0844. The van der Waals surface area contributed by atoms with Crippen molar-refractivity contribution in [3.63, 3.8) is 0 Å². The number of nitro groups is 2. The van der Waals surface area contributed by atoms with Gasteiger partial charge in [0.25, 0.3) is 11.4 Å². The molecule has 3 rings (SSSR count). The number of aliphatic hydroxyl groups is 1. The molecular formula is C26H26N2O10. The van der Waals surface area contributed by atoms with Crippen molar-refractivity contribution >= 4 is 29.1 Å². The first-order valence-corrected chi connectivity index (χ1v) is 11.8. The van der Waals surface area contributed by atoms with Gasteiger partial charge in [0.05, 0.1) is 34.6 Å². The molecule has 0 bridgehead atoms. The van der Waals surface area contributed by atoms with Crippen molar-refractivity contribution in [3.05, 3.63) is 91.2 Å². The van der Waals surface area contributed by atoms with E-state index in [1.165, 1.54) is 56.3 Å². The topological polar surface area (TPSA) is 176 Å². The molecule has 2 aromatic carbocycles. The maximum Gasteiger partial charge on any atom is 0.338 e. The minimum atomic E-state index is -2.41. The summed E-state index contributed by atoms with van der Waals surface area (Å²) in [5, 5.41) is 35.2. The quantitative estimate of drug-likeness (QED) is 0.215. The second kappa shape index (κ2) is 11.2. The Kier molecular flexibility index (Phi) is 8.24. The predicted octanol–water partition coefficient (Wildman–Crippen LogP) is 4.29. The molecule has 3 atom stereocenters. The van der Waals surface area contributed by atoms with Crippen molar-refractivity contribution in [2.24, 2.45) is 5.41 Å². The van der Waals surface area contributed by atoms with Gasteiger partial charge in [-0.25, -0.2) is 4.79 Å². The lowest BCUT2D eigenvalue weighted by Gasteiger charge is -2.45. The van der Waals surface area contributed by atoms with Gasteiger partial charge < -0.3 is 14.6 Å². The standard InChI is InChI=1S/C26H26N2O10/c1-4-37-24(31)22-21(30)14-18(16-10-6-8-12-19(16)27(33)34)26(15(3)29,25(32)38-5-2)23(22)17-11-7-9-13-20(17)28(35)36/h6-13,18,23,30H,4-5,14H2,1-3H3/t18-,23+,26-/m0/s1. The molecule has 0 unspecified atom stereocenters. The molecule has 0 amide bonds. The number of aliphatic hydroxyl groups excluding tert-OH is 1. The smallest absolute Gasteiger partial charge is 0.338 e. The fourth-order valence-corrected chi connectivity index (χ4v) is 5.21. The van der Waals surface area contributed by atoms with Crippen LogP contribution in [0.1, 0.15) is 50.2 Å². The van der Waals surface area contributed by atoms with E-state index in [4.69, 9.17) is 9.47 Å². The highest BCUT2D eigenvalue weighted by atomic mass is 16.6. The Hall–Kier alpha value is -4.61. The molecule has 1 aliphatic carbocycles. The van der Waals surface area contributed by atoms with Crippen molar-refractivity contribution in [1.29, 1.82) is 0 Å². The normalized spacial score (nSPS) is 20.9. The zero-order valence-electron chi connectivity index (χ0n) is 20.9. The number of rotatable bonds is 9. The average Bonchev–Trinajstić information content (AvgIpc) is 2.87. The molecule has 0 aromatic heterocycles. The lowest BCUT2D eigenvalue weighted by molar-refractivity contribution is -0.386. The number of Topliss-reactive ketones (excluding diaryl/α,β-unsaturated/α-hetero) is 1. The van der Waals surface area contributed by atoms with Crippen LogP contribution in [0.2, 0.25) is 0 Å². The molecule has 0 saturated carbocycles. The van der Waals surface area contributed by atoms with E-state index in [0.717, 1.165) is 13.0 Å². The lowest BCUT2D eigenvalue weighted by atomic mass is 9.54. The van der Waals surface area contributed by atoms with Crippen LogP contribution in [0.15, 0.2) is 59.9 Å². The molecule has 0 heterocycles. The highest BCUT2D eigenvalue weighted by Gasteiger charge is 2.64. The van der Waals surface area contributed by atoms with Gasteiger partial charge in [-0.05, 0) is 20.8 Å². The highest BCUT2D eigenvalue weighted by Crippen LogP contribution is 2.60. The second-order valence-electron chi connectivity index (χ2n) is 8.55. The van der Waals surface area contributed by atoms with Crippen molar-refractivity contribution in [2.75, 3.05) is 13.2 Å². The number of ketones is 1. The highest BCUT2D eigenvalue weighted by molar-refractivity contribution is 6.08. The van der Waals surface area contributed by atoms with Gasteiger partial charge in [-0.2, -0.15) is 0 Å². The minimum Gasteiger partial charge on any atom is -0.512 e. The van der Waals surface area contributed by atoms with Gasteiger partial charge in [0.15, 0.2) is 0 Å². The largest absolute Gasteiger partial charge is 0.512 e. The Balaban J connectivity index is 2.57. The first-order chi connectivity index (χ1) is 18.0. The summed E-state index contributed by atoms with van der Waals surface area (Å²) in [5.41, 5.74) is -4.24. The number of allylic oxidation sites excluding steroid dienone is 1. The zero-order valence-corrected chi connectivity index (χ0v) is 20.9. The molecule has 0 fully saturated rings. The Morgan fingerprint density at radius 3 is 1.92 bits per heavy atom. The molecule has 1 N–H and O–H groups in total. The van der Waals surface area contributed by atoms with Crippen LogP contribution in [0.4, 0.5) is 11.4 Å². The Bertz CT molecular complexity index is 1330. The summed E-state index contributed by atoms with van der Waals surface area (Å²) in [6, 6.07) is 10.5. The third kappa shape index (κ3) is 4.60. The molecule has 38 heavy (non-hydrogen) atoms.